The number of aryl methyl sites for hydroxylation is 1. The molecule has 23 heavy (non-hydrogen) atoms. The summed E-state index contributed by atoms with van der Waals surface area (Å²) in [5.41, 5.74) is 2.38. The molecule has 1 aliphatic rings. The van der Waals surface area contributed by atoms with Gasteiger partial charge in [-0.15, -0.1) is 0 Å². The van der Waals surface area contributed by atoms with Crippen molar-refractivity contribution in [1.82, 2.24) is 15.1 Å². The van der Waals surface area contributed by atoms with Crippen LogP contribution in [-0.2, 0) is 0 Å². The van der Waals surface area contributed by atoms with Gasteiger partial charge >= 0.3 is 0 Å². The second kappa shape index (κ2) is 6.62. The first-order valence-corrected chi connectivity index (χ1v) is 8.16. The monoisotopic (exact) mass is 333 g/mol. The van der Waals surface area contributed by atoms with Crippen molar-refractivity contribution in [2.24, 2.45) is 0 Å². The summed E-state index contributed by atoms with van der Waals surface area (Å²) in [6, 6.07) is 7.47. The Hall–Kier alpha value is -2.01. The Kier molecular flexibility index (Phi) is 4.57. The van der Waals surface area contributed by atoms with Gasteiger partial charge in [0.1, 0.15) is 11.9 Å². The molecule has 3 rings (SSSR count). The first kappa shape index (κ1) is 15.9. The van der Waals surface area contributed by atoms with Gasteiger partial charge in [0.2, 0.25) is 0 Å². The zero-order valence-electron chi connectivity index (χ0n) is 13.3. The van der Waals surface area contributed by atoms with Crippen LogP contribution in [-0.4, -0.2) is 40.2 Å². The van der Waals surface area contributed by atoms with E-state index < -0.39 is 0 Å². The lowest BCUT2D eigenvalue weighted by atomic mass is 10.1. The van der Waals surface area contributed by atoms with E-state index in [0.717, 1.165) is 24.1 Å². The Morgan fingerprint density at radius 3 is 2.61 bits per heavy atom. The minimum absolute atomic E-state index is 0.0111. The molecule has 0 saturated carbocycles. The minimum atomic E-state index is -0.0111. The molecule has 0 unspecified atom stereocenters. The molecule has 0 atom stereocenters. The van der Waals surface area contributed by atoms with Crippen molar-refractivity contribution in [2.45, 2.75) is 32.8 Å². The Morgan fingerprint density at radius 1 is 1.30 bits per heavy atom. The number of halogens is 1. The van der Waals surface area contributed by atoms with Gasteiger partial charge in [0.25, 0.3) is 5.91 Å². The summed E-state index contributed by atoms with van der Waals surface area (Å²) in [6.45, 7) is 5.17. The number of nitrogens with one attached hydrogen (secondary N) is 1. The number of hydrogen-bond acceptors (Lipinski definition) is 3. The quantitative estimate of drug-likeness (QED) is 0.937. The number of carbonyl (C=O) groups excluding carboxylic acids is 1. The van der Waals surface area contributed by atoms with E-state index >= 15 is 0 Å². The van der Waals surface area contributed by atoms with Crippen LogP contribution in [0.1, 0.15) is 34.6 Å². The summed E-state index contributed by atoms with van der Waals surface area (Å²) >= 11 is 6.12. The average Bonchev–Trinajstić information content (AvgIpc) is 2.89. The fourth-order valence-corrected chi connectivity index (χ4v) is 2.92. The van der Waals surface area contributed by atoms with E-state index in [2.05, 4.69) is 10.2 Å². The summed E-state index contributed by atoms with van der Waals surface area (Å²) in [4.78, 5) is 14.4. The Bertz CT molecular complexity index is 706. The van der Waals surface area contributed by atoms with Crippen molar-refractivity contribution in [3.63, 3.8) is 0 Å². The maximum absolute atomic E-state index is 12.5. The number of para-hydroxylation sites is 1. The molecule has 1 aliphatic heterocycles. The molecule has 5 nitrogen and oxygen atoms in total. The lowest BCUT2D eigenvalue weighted by molar-refractivity contribution is 0.0589. The third-order valence-corrected chi connectivity index (χ3v) is 4.63. The number of ether oxygens (including phenoxy) is 1. The molecule has 1 fully saturated rings. The van der Waals surface area contributed by atoms with Crippen molar-refractivity contribution >= 4 is 17.5 Å². The molecular weight excluding hydrogens is 314 g/mol. The number of aromatic amines is 1. The smallest absolute Gasteiger partial charge is 0.274 e. The number of benzene rings is 1. The van der Waals surface area contributed by atoms with Crippen molar-refractivity contribution in [1.29, 1.82) is 0 Å². The molecule has 6 heteroatoms. The number of carbonyl (C=O) groups is 1. The largest absolute Gasteiger partial charge is 0.489 e. The van der Waals surface area contributed by atoms with Crippen molar-refractivity contribution in [2.75, 3.05) is 13.1 Å². The molecule has 0 spiro atoms. The number of aromatic nitrogens is 2. The summed E-state index contributed by atoms with van der Waals surface area (Å²) < 4.78 is 5.96. The SMILES string of the molecule is Cc1[nH]nc(C(=O)N2CCC(Oc3ccccc3Cl)CC2)c1C. The molecule has 1 N–H and O–H groups in total. The van der Waals surface area contributed by atoms with Gasteiger partial charge in [-0.05, 0) is 26.0 Å². The fraction of sp³-hybridized carbons (Fsp3) is 0.412. The highest BCUT2D eigenvalue weighted by Crippen LogP contribution is 2.27. The second-order valence-electron chi connectivity index (χ2n) is 5.86. The highest BCUT2D eigenvalue weighted by molar-refractivity contribution is 6.32. The van der Waals surface area contributed by atoms with E-state index in [1.165, 1.54) is 0 Å². The zero-order chi connectivity index (χ0) is 16.4. The summed E-state index contributed by atoms with van der Waals surface area (Å²) in [5.74, 6) is 0.695. The van der Waals surface area contributed by atoms with Crippen LogP contribution in [0, 0.1) is 13.8 Å². The van der Waals surface area contributed by atoms with Gasteiger partial charge in [-0.3, -0.25) is 9.89 Å². The third-order valence-electron chi connectivity index (χ3n) is 4.32. The minimum Gasteiger partial charge on any atom is -0.489 e. The van der Waals surface area contributed by atoms with E-state index in [1.807, 2.05) is 43.0 Å². The van der Waals surface area contributed by atoms with Crippen molar-refractivity contribution in [3.8, 4) is 5.75 Å². The lowest BCUT2D eigenvalue weighted by Crippen LogP contribution is -2.42. The first-order valence-electron chi connectivity index (χ1n) is 7.78. The predicted molar refractivity (Wildman–Crippen MR) is 89.1 cm³/mol. The Morgan fingerprint density at radius 2 is 2.00 bits per heavy atom. The highest BCUT2D eigenvalue weighted by Gasteiger charge is 2.27. The Labute approximate surface area is 140 Å². The standard InChI is InChI=1S/C17H20ClN3O2/c1-11-12(2)19-20-16(11)17(22)21-9-7-13(8-10-21)23-15-6-4-3-5-14(15)18/h3-6,13H,7-10H2,1-2H3,(H,19,20). The van der Waals surface area contributed by atoms with E-state index in [0.29, 0.717) is 29.6 Å². The summed E-state index contributed by atoms with van der Waals surface area (Å²) in [7, 11) is 0. The molecule has 0 bridgehead atoms. The van der Waals surface area contributed by atoms with Crippen LogP contribution in [0.3, 0.4) is 0 Å². The molecule has 0 aliphatic carbocycles. The van der Waals surface area contributed by atoms with Gasteiger partial charge < -0.3 is 9.64 Å². The van der Waals surface area contributed by atoms with Crippen LogP contribution in [0.15, 0.2) is 24.3 Å². The van der Waals surface area contributed by atoms with Gasteiger partial charge in [-0.2, -0.15) is 5.10 Å². The van der Waals surface area contributed by atoms with Gasteiger partial charge in [-0.25, -0.2) is 0 Å². The van der Waals surface area contributed by atoms with Crippen LogP contribution >= 0.6 is 11.6 Å². The molecule has 122 valence electrons. The molecule has 1 amide bonds. The van der Waals surface area contributed by atoms with Crippen LogP contribution in [0.5, 0.6) is 5.75 Å². The fourth-order valence-electron chi connectivity index (χ4n) is 2.74. The first-order chi connectivity index (χ1) is 11.1. The number of piperidine rings is 1. The average molecular weight is 334 g/mol. The third kappa shape index (κ3) is 3.34. The zero-order valence-corrected chi connectivity index (χ0v) is 14.1. The number of rotatable bonds is 3. The number of likely N-dealkylation sites (tertiary alicyclic amines) is 1. The van der Waals surface area contributed by atoms with Crippen molar-refractivity contribution < 1.29 is 9.53 Å². The predicted octanol–water partition coefficient (Wildman–Crippen LogP) is 3.36. The highest BCUT2D eigenvalue weighted by atomic mass is 35.5. The molecule has 1 aromatic heterocycles. The number of hydrogen-bond donors (Lipinski definition) is 1. The molecular formula is C17H20ClN3O2. The van der Waals surface area contributed by atoms with Gasteiger partial charge in [0.15, 0.2) is 5.69 Å². The van der Waals surface area contributed by atoms with Gasteiger partial charge in [0, 0.05) is 37.2 Å². The summed E-state index contributed by atoms with van der Waals surface area (Å²) in [5, 5.41) is 7.61. The van der Waals surface area contributed by atoms with Crippen molar-refractivity contribution in [3.05, 3.63) is 46.2 Å². The number of amides is 1. The lowest BCUT2D eigenvalue weighted by Gasteiger charge is -2.32. The molecule has 1 saturated heterocycles. The normalized spacial score (nSPS) is 15.7. The van der Waals surface area contributed by atoms with Gasteiger partial charge in [0.05, 0.1) is 5.02 Å². The Balaban J connectivity index is 1.59. The number of nitrogens with zero attached hydrogens (tertiary/aromatic N) is 2. The second-order valence-corrected chi connectivity index (χ2v) is 6.27. The van der Waals surface area contributed by atoms with Crippen LogP contribution in [0.2, 0.25) is 5.02 Å². The van der Waals surface area contributed by atoms with Crippen LogP contribution < -0.4 is 4.74 Å². The molecule has 0 radical (unpaired) electrons. The van der Waals surface area contributed by atoms with Gasteiger partial charge in [-0.1, -0.05) is 23.7 Å². The van der Waals surface area contributed by atoms with Crippen LogP contribution in [0.25, 0.3) is 0 Å². The van der Waals surface area contributed by atoms with E-state index in [4.69, 9.17) is 16.3 Å². The maximum Gasteiger partial charge on any atom is 0.274 e. The number of H-pyrrole nitrogens is 1. The van der Waals surface area contributed by atoms with Crippen LogP contribution in [0.4, 0.5) is 0 Å². The maximum atomic E-state index is 12.5. The van der Waals surface area contributed by atoms with E-state index in [1.54, 1.807) is 0 Å². The van der Waals surface area contributed by atoms with E-state index in [9.17, 15) is 4.79 Å². The molecule has 1 aromatic carbocycles. The topological polar surface area (TPSA) is 58.2 Å². The molecule has 2 aromatic rings. The van der Waals surface area contributed by atoms with E-state index in [-0.39, 0.29) is 12.0 Å². The summed E-state index contributed by atoms with van der Waals surface area (Å²) in [6.07, 6.45) is 1.67. The molecule has 2 heterocycles.